The lowest BCUT2D eigenvalue weighted by Crippen LogP contribution is -2.37. The monoisotopic (exact) mass is 357 g/mol. The van der Waals surface area contributed by atoms with Crippen molar-refractivity contribution in [2.45, 2.75) is 46.2 Å². The van der Waals surface area contributed by atoms with Crippen molar-refractivity contribution in [3.63, 3.8) is 0 Å². The van der Waals surface area contributed by atoms with Crippen LogP contribution >= 0.6 is 0 Å². The number of aromatic amines is 1. The fourth-order valence-electron chi connectivity index (χ4n) is 3.91. The number of hydrogen-bond acceptors (Lipinski definition) is 5. The lowest BCUT2D eigenvalue weighted by molar-refractivity contribution is 0.127. The number of H-pyrrole nitrogens is 1. The molecule has 140 valence electrons. The number of benzene rings is 1. The van der Waals surface area contributed by atoms with E-state index in [-0.39, 0.29) is 12.2 Å². The summed E-state index contributed by atoms with van der Waals surface area (Å²) < 4.78 is 16.6. The second-order valence-electron chi connectivity index (χ2n) is 8.30. The van der Waals surface area contributed by atoms with E-state index in [1.165, 1.54) is 17.0 Å². The zero-order valence-electron chi connectivity index (χ0n) is 16.0. The fraction of sp³-hybridized carbons (Fsp3) is 0.550. The maximum atomic E-state index is 5.58. The van der Waals surface area contributed by atoms with Crippen LogP contribution in [-0.2, 0) is 13.0 Å². The van der Waals surface area contributed by atoms with E-state index >= 15 is 0 Å². The lowest BCUT2D eigenvalue weighted by Gasteiger charge is -2.38. The van der Waals surface area contributed by atoms with Crippen LogP contribution in [0.4, 0.5) is 0 Å². The summed E-state index contributed by atoms with van der Waals surface area (Å²) in [4.78, 5) is 10.5. The number of hydrogen-bond donors (Lipinski definition) is 1. The highest BCUT2D eigenvalue weighted by molar-refractivity contribution is 5.55. The van der Waals surface area contributed by atoms with E-state index in [4.69, 9.17) is 14.2 Å². The van der Waals surface area contributed by atoms with Gasteiger partial charge in [-0.1, -0.05) is 20.8 Å². The van der Waals surface area contributed by atoms with Gasteiger partial charge in [-0.05, 0) is 29.5 Å². The Bertz CT molecular complexity index is 794. The first kappa shape index (κ1) is 17.2. The van der Waals surface area contributed by atoms with Gasteiger partial charge in [0.1, 0.15) is 0 Å². The highest BCUT2D eigenvalue weighted by Gasteiger charge is 2.33. The third-order valence-electron chi connectivity index (χ3n) is 5.07. The summed E-state index contributed by atoms with van der Waals surface area (Å²) >= 11 is 0. The summed E-state index contributed by atoms with van der Waals surface area (Å²) in [7, 11) is 1.67. The number of nitrogens with zero attached hydrogens (tertiary/aromatic N) is 2. The van der Waals surface area contributed by atoms with E-state index in [0.29, 0.717) is 11.8 Å². The summed E-state index contributed by atoms with van der Waals surface area (Å²) in [6, 6.07) is 4.43. The van der Waals surface area contributed by atoms with Crippen molar-refractivity contribution >= 4 is 0 Å². The molecule has 1 unspecified atom stereocenters. The van der Waals surface area contributed by atoms with Gasteiger partial charge in [0, 0.05) is 25.2 Å². The van der Waals surface area contributed by atoms with Crippen LogP contribution in [0.25, 0.3) is 0 Å². The van der Waals surface area contributed by atoms with Crippen LogP contribution in [0.5, 0.6) is 17.2 Å². The quantitative estimate of drug-likeness (QED) is 0.904. The first-order valence-electron chi connectivity index (χ1n) is 9.17. The van der Waals surface area contributed by atoms with Crippen LogP contribution < -0.4 is 14.2 Å². The molecule has 0 spiro atoms. The first-order valence-corrected chi connectivity index (χ1v) is 9.17. The van der Waals surface area contributed by atoms with Crippen LogP contribution in [0.1, 0.15) is 50.2 Å². The fourth-order valence-corrected chi connectivity index (χ4v) is 3.91. The topological polar surface area (TPSA) is 59.6 Å². The molecule has 1 N–H and O–H groups in total. The van der Waals surface area contributed by atoms with Crippen LogP contribution in [0, 0.1) is 5.41 Å². The van der Waals surface area contributed by atoms with Gasteiger partial charge < -0.3 is 19.2 Å². The number of methoxy groups -OCH3 is 1. The number of imidazole rings is 1. The molecule has 6 heteroatoms. The van der Waals surface area contributed by atoms with Gasteiger partial charge in [0.15, 0.2) is 11.5 Å². The molecule has 0 aliphatic carbocycles. The number of nitrogens with one attached hydrogen (secondary N) is 1. The molecule has 0 saturated heterocycles. The molecular weight excluding hydrogens is 330 g/mol. The molecule has 1 aromatic carbocycles. The highest BCUT2D eigenvalue weighted by atomic mass is 16.7. The number of aromatic nitrogens is 2. The maximum absolute atomic E-state index is 5.58. The van der Waals surface area contributed by atoms with Crippen molar-refractivity contribution in [3.05, 3.63) is 35.4 Å². The summed E-state index contributed by atoms with van der Waals surface area (Å²) in [5.74, 6) is 2.21. The minimum Gasteiger partial charge on any atom is -0.493 e. The summed E-state index contributed by atoms with van der Waals surface area (Å²) in [6.45, 7) is 8.95. The van der Waals surface area contributed by atoms with Gasteiger partial charge in [0.2, 0.25) is 12.5 Å². The Balaban J connectivity index is 1.62. The SMILES string of the molecule is COc1cc(CN2CCc3[nH]cnc3C2CC(C)(C)C)cc2c1OCO2. The molecule has 1 aromatic heterocycles. The van der Waals surface area contributed by atoms with Gasteiger partial charge in [-0.2, -0.15) is 0 Å². The van der Waals surface area contributed by atoms with E-state index in [1.54, 1.807) is 7.11 Å². The third-order valence-corrected chi connectivity index (χ3v) is 5.07. The van der Waals surface area contributed by atoms with Crippen LogP contribution in [0.3, 0.4) is 0 Å². The first-order chi connectivity index (χ1) is 12.4. The molecule has 1 atom stereocenters. The molecule has 4 rings (SSSR count). The number of ether oxygens (including phenoxy) is 3. The van der Waals surface area contributed by atoms with Crippen LogP contribution in [0.15, 0.2) is 18.5 Å². The van der Waals surface area contributed by atoms with Gasteiger partial charge in [0.25, 0.3) is 0 Å². The van der Waals surface area contributed by atoms with E-state index in [1.807, 2.05) is 6.33 Å². The molecule has 0 bridgehead atoms. The second-order valence-corrected chi connectivity index (χ2v) is 8.30. The Hall–Kier alpha value is -2.21. The van der Waals surface area contributed by atoms with Gasteiger partial charge in [0.05, 0.1) is 25.2 Å². The van der Waals surface area contributed by atoms with Crippen molar-refractivity contribution in [3.8, 4) is 17.2 Å². The number of rotatable bonds is 4. The molecule has 26 heavy (non-hydrogen) atoms. The third kappa shape index (κ3) is 3.26. The molecule has 0 amide bonds. The Labute approximate surface area is 154 Å². The Morgan fingerprint density at radius 2 is 2.15 bits per heavy atom. The molecule has 2 aliphatic rings. The molecule has 0 saturated carbocycles. The Morgan fingerprint density at radius 1 is 1.31 bits per heavy atom. The summed E-state index contributed by atoms with van der Waals surface area (Å²) in [5, 5.41) is 0. The van der Waals surface area contributed by atoms with E-state index in [2.05, 4.69) is 47.8 Å². The largest absolute Gasteiger partial charge is 0.493 e. The van der Waals surface area contributed by atoms with Crippen molar-refractivity contribution in [1.29, 1.82) is 0 Å². The highest BCUT2D eigenvalue weighted by Crippen LogP contribution is 2.43. The smallest absolute Gasteiger partial charge is 0.231 e. The molecule has 0 radical (unpaired) electrons. The Morgan fingerprint density at radius 3 is 2.92 bits per heavy atom. The minimum atomic E-state index is 0.225. The summed E-state index contributed by atoms with van der Waals surface area (Å²) in [5.41, 5.74) is 3.87. The van der Waals surface area contributed by atoms with Crippen LogP contribution in [-0.4, -0.2) is 35.3 Å². The Kier molecular flexibility index (Phi) is 4.31. The minimum absolute atomic E-state index is 0.225. The van der Waals surface area contributed by atoms with Crippen molar-refractivity contribution in [2.75, 3.05) is 20.4 Å². The van der Waals surface area contributed by atoms with Gasteiger partial charge >= 0.3 is 0 Å². The zero-order chi connectivity index (χ0) is 18.3. The zero-order valence-corrected chi connectivity index (χ0v) is 16.0. The molecule has 2 aliphatic heterocycles. The molecule has 6 nitrogen and oxygen atoms in total. The predicted molar refractivity (Wildman–Crippen MR) is 98.6 cm³/mol. The lowest BCUT2D eigenvalue weighted by atomic mass is 9.84. The standard InChI is InChI=1S/C20H27N3O3/c1-20(2,3)9-15-18-14(21-11-22-18)5-6-23(15)10-13-7-16(24-4)19-17(8-13)25-12-26-19/h7-8,11,15H,5-6,9-10,12H2,1-4H3,(H,21,22). The van der Waals surface area contributed by atoms with Crippen molar-refractivity contribution in [1.82, 2.24) is 14.9 Å². The van der Waals surface area contributed by atoms with Gasteiger partial charge in [-0.25, -0.2) is 4.98 Å². The molecular formula is C20H27N3O3. The van der Waals surface area contributed by atoms with Gasteiger partial charge in [-0.15, -0.1) is 0 Å². The summed E-state index contributed by atoms with van der Waals surface area (Å²) in [6.07, 6.45) is 3.89. The van der Waals surface area contributed by atoms with Crippen LogP contribution in [0.2, 0.25) is 0 Å². The predicted octanol–water partition coefficient (Wildman–Crippen LogP) is 3.68. The van der Waals surface area contributed by atoms with E-state index in [9.17, 15) is 0 Å². The average molecular weight is 357 g/mol. The van der Waals surface area contributed by atoms with E-state index < -0.39 is 0 Å². The number of fused-ring (bicyclic) bond motifs is 2. The average Bonchev–Trinajstić information content (AvgIpc) is 3.23. The molecule has 3 heterocycles. The normalized spacial score (nSPS) is 19.5. The second kappa shape index (κ2) is 6.50. The molecule has 2 aromatic rings. The van der Waals surface area contributed by atoms with E-state index in [0.717, 1.165) is 37.4 Å². The van der Waals surface area contributed by atoms with Crippen molar-refractivity contribution in [2.24, 2.45) is 5.41 Å². The molecule has 0 fully saturated rings. The maximum Gasteiger partial charge on any atom is 0.231 e. The van der Waals surface area contributed by atoms with Gasteiger partial charge in [-0.3, -0.25) is 4.90 Å². The van der Waals surface area contributed by atoms with Crippen molar-refractivity contribution < 1.29 is 14.2 Å².